The van der Waals surface area contributed by atoms with Crippen LogP contribution in [-0.2, 0) is 12.1 Å². The van der Waals surface area contributed by atoms with Gasteiger partial charge < -0.3 is 14.7 Å². The van der Waals surface area contributed by atoms with Crippen molar-refractivity contribution in [3.63, 3.8) is 0 Å². The first-order valence-electron chi connectivity index (χ1n) is 7.46. The number of pyridine rings is 1. The summed E-state index contributed by atoms with van der Waals surface area (Å²) in [5.74, 6) is 1.53. The van der Waals surface area contributed by atoms with Crippen molar-refractivity contribution in [1.29, 1.82) is 0 Å². The quantitative estimate of drug-likeness (QED) is 0.870. The zero-order valence-electron chi connectivity index (χ0n) is 13.5. The van der Waals surface area contributed by atoms with Gasteiger partial charge in [0.1, 0.15) is 11.4 Å². The lowest BCUT2D eigenvalue weighted by molar-refractivity contribution is 0.241. The van der Waals surface area contributed by atoms with Crippen LogP contribution in [0.5, 0.6) is 0 Å². The Morgan fingerprint density at radius 2 is 2.22 bits per heavy atom. The van der Waals surface area contributed by atoms with Crippen LogP contribution in [0.3, 0.4) is 0 Å². The van der Waals surface area contributed by atoms with E-state index in [-0.39, 0.29) is 6.03 Å². The van der Waals surface area contributed by atoms with Crippen LogP contribution in [0.1, 0.15) is 30.1 Å². The van der Waals surface area contributed by atoms with E-state index in [9.17, 15) is 4.79 Å². The van der Waals surface area contributed by atoms with Gasteiger partial charge in [-0.3, -0.25) is 5.32 Å². The summed E-state index contributed by atoms with van der Waals surface area (Å²) in [6.07, 6.45) is 3.26. The number of carbonyl (C=O) groups excluding carboxylic acids is 1. The van der Waals surface area contributed by atoms with Crippen molar-refractivity contribution >= 4 is 11.8 Å². The molecule has 2 N–H and O–H groups in total. The molecule has 1 aliphatic carbocycles. The number of carbonyl (C=O) groups is 1. The van der Waals surface area contributed by atoms with Crippen molar-refractivity contribution in [2.24, 2.45) is 0 Å². The number of urea groups is 1. The molecule has 1 fully saturated rings. The van der Waals surface area contributed by atoms with Gasteiger partial charge in [0, 0.05) is 12.7 Å². The summed E-state index contributed by atoms with van der Waals surface area (Å²) in [5.41, 5.74) is 0.543. The average Bonchev–Trinajstić information content (AvgIpc) is 3.10. The molecule has 0 aliphatic heterocycles. The van der Waals surface area contributed by atoms with Gasteiger partial charge in [0.15, 0.2) is 5.82 Å². The second-order valence-electron chi connectivity index (χ2n) is 6.10. The number of aryl methyl sites for hydroxylation is 1. The fourth-order valence-corrected chi connectivity index (χ4v) is 2.38. The monoisotopic (exact) mass is 316 g/mol. The van der Waals surface area contributed by atoms with Crippen LogP contribution >= 0.6 is 0 Å². The molecular formula is C15H20N6O2. The Bertz CT molecular complexity index is 707. The van der Waals surface area contributed by atoms with Crippen LogP contribution in [0.2, 0.25) is 0 Å². The van der Waals surface area contributed by atoms with Gasteiger partial charge in [0.05, 0.1) is 0 Å². The summed E-state index contributed by atoms with van der Waals surface area (Å²) in [6.45, 7) is 2.54. The first-order valence-corrected chi connectivity index (χ1v) is 7.46. The topological polar surface area (TPSA) is 96.2 Å². The van der Waals surface area contributed by atoms with E-state index in [2.05, 4.69) is 30.7 Å². The first-order chi connectivity index (χ1) is 11.0. The summed E-state index contributed by atoms with van der Waals surface area (Å²) in [6, 6.07) is 3.45. The standard InChI is InChI=1S/C15H20N6O2/c1-10-17-13(23-20-10)15(5-6-15)19-14(22)18-12-8-11(4-7-16-12)9-21(2)3/h4,7-8H,5-6,9H2,1-3H3,(H2,16,18,19,22). The highest BCUT2D eigenvalue weighted by Crippen LogP contribution is 2.44. The third-order valence-electron chi connectivity index (χ3n) is 3.60. The van der Waals surface area contributed by atoms with Crippen molar-refractivity contribution in [1.82, 2.24) is 25.3 Å². The predicted octanol–water partition coefficient (Wildman–Crippen LogP) is 1.65. The number of anilines is 1. The number of rotatable bonds is 5. The molecule has 0 spiro atoms. The zero-order valence-corrected chi connectivity index (χ0v) is 13.5. The molecule has 0 unspecified atom stereocenters. The summed E-state index contributed by atoms with van der Waals surface area (Å²) in [5, 5.41) is 9.45. The fourth-order valence-electron chi connectivity index (χ4n) is 2.38. The predicted molar refractivity (Wildman–Crippen MR) is 83.7 cm³/mol. The molecule has 23 heavy (non-hydrogen) atoms. The molecule has 122 valence electrons. The van der Waals surface area contributed by atoms with E-state index in [4.69, 9.17) is 4.52 Å². The van der Waals surface area contributed by atoms with E-state index >= 15 is 0 Å². The molecule has 2 amide bonds. The molecule has 8 nitrogen and oxygen atoms in total. The number of nitrogens with zero attached hydrogens (tertiary/aromatic N) is 4. The maximum atomic E-state index is 12.2. The van der Waals surface area contributed by atoms with E-state index in [1.165, 1.54) is 0 Å². The van der Waals surface area contributed by atoms with Crippen LogP contribution in [0.4, 0.5) is 10.6 Å². The van der Waals surface area contributed by atoms with E-state index in [1.807, 2.05) is 26.2 Å². The molecule has 1 saturated carbocycles. The minimum Gasteiger partial charge on any atom is -0.337 e. The van der Waals surface area contributed by atoms with Crippen molar-refractivity contribution in [3.05, 3.63) is 35.6 Å². The smallest absolute Gasteiger partial charge is 0.321 e. The summed E-state index contributed by atoms with van der Waals surface area (Å²) < 4.78 is 5.18. The van der Waals surface area contributed by atoms with Gasteiger partial charge in [-0.25, -0.2) is 9.78 Å². The second-order valence-corrected chi connectivity index (χ2v) is 6.10. The van der Waals surface area contributed by atoms with Crippen molar-refractivity contribution < 1.29 is 9.32 Å². The fraction of sp³-hybridized carbons (Fsp3) is 0.467. The highest BCUT2D eigenvalue weighted by Gasteiger charge is 2.50. The summed E-state index contributed by atoms with van der Waals surface area (Å²) in [7, 11) is 3.98. The molecule has 0 radical (unpaired) electrons. The van der Waals surface area contributed by atoms with E-state index < -0.39 is 5.54 Å². The van der Waals surface area contributed by atoms with Crippen LogP contribution in [0, 0.1) is 6.92 Å². The van der Waals surface area contributed by atoms with Crippen molar-refractivity contribution in [2.45, 2.75) is 31.8 Å². The number of amides is 2. The van der Waals surface area contributed by atoms with Gasteiger partial charge in [-0.2, -0.15) is 4.98 Å². The summed E-state index contributed by atoms with van der Waals surface area (Å²) in [4.78, 5) is 22.7. The molecule has 1 aliphatic rings. The molecule has 2 aromatic heterocycles. The highest BCUT2D eigenvalue weighted by atomic mass is 16.5. The maximum absolute atomic E-state index is 12.2. The zero-order chi connectivity index (χ0) is 16.4. The molecule has 3 rings (SSSR count). The molecule has 8 heteroatoms. The normalized spacial score (nSPS) is 15.5. The number of hydrogen-bond acceptors (Lipinski definition) is 6. The lowest BCUT2D eigenvalue weighted by Gasteiger charge is -2.14. The number of hydrogen-bond donors (Lipinski definition) is 2. The Balaban J connectivity index is 1.64. The Labute approximate surface area is 134 Å². The van der Waals surface area contributed by atoms with E-state index in [1.54, 1.807) is 13.1 Å². The van der Waals surface area contributed by atoms with Gasteiger partial charge in [-0.05, 0) is 51.6 Å². The largest absolute Gasteiger partial charge is 0.337 e. The van der Waals surface area contributed by atoms with Gasteiger partial charge >= 0.3 is 6.03 Å². The minimum absolute atomic E-state index is 0.326. The van der Waals surface area contributed by atoms with Crippen LogP contribution in [0.25, 0.3) is 0 Å². The van der Waals surface area contributed by atoms with Gasteiger partial charge in [0.25, 0.3) is 5.89 Å². The highest BCUT2D eigenvalue weighted by molar-refractivity contribution is 5.89. The van der Waals surface area contributed by atoms with E-state index in [0.717, 1.165) is 24.9 Å². The van der Waals surface area contributed by atoms with Crippen molar-refractivity contribution in [3.8, 4) is 0 Å². The SMILES string of the molecule is Cc1noc(C2(NC(=O)Nc3cc(CN(C)C)ccn3)CC2)n1. The van der Waals surface area contributed by atoms with Gasteiger partial charge in [-0.1, -0.05) is 5.16 Å². The molecular weight excluding hydrogens is 296 g/mol. The number of aromatic nitrogens is 3. The molecule has 0 saturated heterocycles. The lowest BCUT2D eigenvalue weighted by Crippen LogP contribution is -2.38. The second kappa shape index (κ2) is 5.96. The molecule has 0 atom stereocenters. The van der Waals surface area contributed by atoms with Crippen LogP contribution < -0.4 is 10.6 Å². The molecule has 0 bridgehead atoms. The van der Waals surface area contributed by atoms with Crippen LogP contribution in [0.15, 0.2) is 22.9 Å². The minimum atomic E-state index is -0.535. The van der Waals surface area contributed by atoms with Gasteiger partial charge in [-0.15, -0.1) is 0 Å². The first kappa shape index (κ1) is 15.4. The Kier molecular flexibility index (Phi) is 3.99. The Morgan fingerprint density at radius 1 is 1.43 bits per heavy atom. The van der Waals surface area contributed by atoms with E-state index in [0.29, 0.717) is 17.5 Å². The molecule has 0 aromatic carbocycles. The Morgan fingerprint density at radius 3 is 2.83 bits per heavy atom. The van der Waals surface area contributed by atoms with Crippen LogP contribution in [-0.4, -0.2) is 40.2 Å². The summed E-state index contributed by atoms with van der Waals surface area (Å²) >= 11 is 0. The Hall–Kier alpha value is -2.48. The average molecular weight is 316 g/mol. The van der Waals surface area contributed by atoms with Crippen molar-refractivity contribution in [2.75, 3.05) is 19.4 Å². The lowest BCUT2D eigenvalue weighted by atomic mass is 10.2. The maximum Gasteiger partial charge on any atom is 0.321 e. The molecule has 2 aromatic rings. The third-order valence-corrected chi connectivity index (χ3v) is 3.60. The molecule has 2 heterocycles. The number of nitrogens with one attached hydrogen (secondary N) is 2. The third kappa shape index (κ3) is 3.65. The van der Waals surface area contributed by atoms with Gasteiger partial charge in [0.2, 0.25) is 0 Å².